The standard InChI is InChI=1S/C4H9N5O/c5-2-1-8-4(7)9(10)3(2)6/h2,6,10H,1,5H2,(H2,7,8). The highest BCUT2D eigenvalue weighted by molar-refractivity contribution is 6.00. The van der Waals surface area contributed by atoms with Crippen LogP contribution in [0.15, 0.2) is 4.99 Å². The average Bonchev–Trinajstić information content (AvgIpc) is 1.93. The Hall–Kier alpha value is -1.14. The van der Waals surface area contributed by atoms with E-state index in [0.717, 1.165) is 0 Å². The average molecular weight is 143 g/mol. The molecule has 0 spiro atoms. The molecule has 1 aliphatic heterocycles. The lowest BCUT2D eigenvalue weighted by molar-refractivity contribution is 0.0536. The summed E-state index contributed by atoms with van der Waals surface area (Å²) < 4.78 is 0. The van der Waals surface area contributed by atoms with Crippen molar-refractivity contribution in [3.8, 4) is 0 Å². The summed E-state index contributed by atoms with van der Waals surface area (Å²) >= 11 is 0. The van der Waals surface area contributed by atoms with Crippen molar-refractivity contribution < 1.29 is 5.21 Å². The minimum absolute atomic E-state index is 0.0771. The van der Waals surface area contributed by atoms with Gasteiger partial charge in [-0.1, -0.05) is 0 Å². The van der Waals surface area contributed by atoms with Gasteiger partial charge in [0.1, 0.15) is 5.84 Å². The highest BCUT2D eigenvalue weighted by Gasteiger charge is 2.22. The monoisotopic (exact) mass is 143 g/mol. The van der Waals surface area contributed by atoms with Crippen LogP contribution in [0, 0.1) is 5.41 Å². The molecule has 0 aromatic rings. The largest absolute Gasteiger partial charge is 0.368 e. The van der Waals surface area contributed by atoms with Gasteiger partial charge in [-0.15, -0.1) is 0 Å². The van der Waals surface area contributed by atoms with Crippen molar-refractivity contribution in [1.82, 2.24) is 5.06 Å². The van der Waals surface area contributed by atoms with Crippen LogP contribution in [0.4, 0.5) is 0 Å². The van der Waals surface area contributed by atoms with Crippen LogP contribution in [0.1, 0.15) is 0 Å². The molecule has 1 heterocycles. The lowest BCUT2D eigenvalue weighted by Crippen LogP contribution is -2.52. The summed E-state index contributed by atoms with van der Waals surface area (Å²) in [5.41, 5.74) is 10.5. The van der Waals surface area contributed by atoms with Gasteiger partial charge in [0.25, 0.3) is 0 Å². The Morgan fingerprint density at radius 1 is 1.80 bits per heavy atom. The number of rotatable bonds is 0. The first-order chi connectivity index (χ1) is 4.63. The lowest BCUT2D eigenvalue weighted by atomic mass is 10.2. The fourth-order valence-corrected chi connectivity index (χ4v) is 0.626. The van der Waals surface area contributed by atoms with Crippen LogP contribution in [0.3, 0.4) is 0 Å². The van der Waals surface area contributed by atoms with E-state index in [-0.39, 0.29) is 18.3 Å². The van der Waals surface area contributed by atoms with E-state index in [1.165, 1.54) is 0 Å². The zero-order chi connectivity index (χ0) is 7.72. The van der Waals surface area contributed by atoms with E-state index in [0.29, 0.717) is 5.06 Å². The van der Waals surface area contributed by atoms with Gasteiger partial charge in [0.2, 0.25) is 5.96 Å². The molecule has 0 aromatic carbocycles. The van der Waals surface area contributed by atoms with Crippen molar-refractivity contribution in [2.24, 2.45) is 16.5 Å². The number of hydrogen-bond acceptors (Lipinski definition) is 5. The van der Waals surface area contributed by atoms with Crippen molar-refractivity contribution in [1.29, 1.82) is 5.41 Å². The first kappa shape index (κ1) is 6.97. The highest BCUT2D eigenvalue weighted by Crippen LogP contribution is 1.97. The van der Waals surface area contributed by atoms with Gasteiger partial charge in [0.05, 0.1) is 12.6 Å². The first-order valence-electron chi connectivity index (χ1n) is 2.76. The molecular weight excluding hydrogens is 134 g/mol. The normalized spacial score (nSPS) is 26.6. The Labute approximate surface area is 57.6 Å². The summed E-state index contributed by atoms with van der Waals surface area (Å²) in [5, 5.41) is 16.5. The molecular formula is C4H9N5O. The van der Waals surface area contributed by atoms with Crippen LogP contribution in [0.5, 0.6) is 0 Å². The van der Waals surface area contributed by atoms with Crippen molar-refractivity contribution >= 4 is 11.8 Å². The number of aliphatic imine (C=N–C) groups is 1. The van der Waals surface area contributed by atoms with Crippen LogP contribution in [-0.4, -0.2) is 34.7 Å². The van der Waals surface area contributed by atoms with E-state index < -0.39 is 6.04 Å². The van der Waals surface area contributed by atoms with Gasteiger partial charge in [-0.3, -0.25) is 10.6 Å². The lowest BCUT2D eigenvalue weighted by Gasteiger charge is -2.24. The predicted octanol–water partition coefficient (Wildman–Crippen LogP) is -1.69. The topological polar surface area (TPSA) is 112 Å². The molecule has 0 radical (unpaired) electrons. The quantitative estimate of drug-likeness (QED) is 0.324. The maximum absolute atomic E-state index is 8.89. The molecule has 6 nitrogen and oxygen atoms in total. The summed E-state index contributed by atoms with van der Waals surface area (Å²) in [6.45, 7) is 0.266. The molecule has 0 aromatic heterocycles. The molecule has 1 rings (SSSR count). The van der Waals surface area contributed by atoms with Gasteiger partial charge in [0, 0.05) is 0 Å². The summed E-state index contributed by atoms with van der Waals surface area (Å²) in [4.78, 5) is 3.65. The molecule has 10 heavy (non-hydrogen) atoms. The van der Waals surface area contributed by atoms with Crippen LogP contribution < -0.4 is 11.5 Å². The third kappa shape index (κ3) is 0.937. The fraction of sp³-hybridized carbons (Fsp3) is 0.500. The van der Waals surface area contributed by atoms with Gasteiger partial charge in [0.15, 0.2) is 0 Å². The van der Waals surface area contributed by atoms with Gasteiger partial charge in [-0.05, 0) is 0 Å². The van der Waals surface area contributed by atoms with E-state index >= 15 is 0 Å². The van der Waals surface area contributed by atoms with Crippen LogP contribution in [0.2, 0.25) is 0 Å². The molecule has 6 heteroatoms. The Bertz CT molecular complexity index is 188. The SMILES string of the molecule is N=C1C(N)CN=C(N)N1O. The molecule has 0 bridgehead atoms. The minimum Gasteiger partial charge on any atom is -0.368 e. The zero-order valence-electron chi connectivity index (χ0n) is 5.28. The summed E-state index contributed by atoms with van der Waals surface area (Å²) in [7, 11) is 0. The second kappa shape index (κ2) is 2.24. The smallest absolute Gasteiger partial charge is 0.221 e. The molecule has 0 saturated heterocycles. The highest BCUT2D eigenvalue weighted by atomic mass is 16.5. The van der Waals surface area contributed by atoms with Gasteiger partial charge in [-0.25, -0.2) is 4.99 Å². The summed E-state index contributed by atoms with van der Waals surface area (Å²) in [6, 6.07) is -0.544. The molecule has 56 valence electrons. The molecule has 1 aliphatic rings. The van der Waals surface area contributed by atoms with Crippen molar-refractivity contribution in [2.45, 2.75) is 6.04 Å². The third-order valence-electron chi connectivity index (χ3n) is 1.25. The maximum atomic E-state index is 8.89. The molecule has 1 atom stereocenters. The van der Waals surface area contributed by atoms with Gasteiger partial charge < -0.3 is 11.5 Å². The second-order valence-corrected chi connectivity index (χ2v) is 2.00. The van der Waals surface area contributed by atoms with E-state index in [1.54, 1.807) is 0 Å². The number of guanidine groups is 1. The molecule has 0 fully saturated rings. The van der Waals surface area contributed by atoms with E-state index in [2.05, 4.69) is 4.99 Å². The molecule has 1 unspecified atom stereocenters. The van der Waals surface area contributed by atoms with E-state index in [9.17, 15) is 0 Å². The second-order valence-electron chi connectivity index (χ2n) is 2.00. The maximum Gasteiger partial charge on any atom is 0.221 e. The van der Waals surface area contributed by atoms with Crippen molar-refractivity contribution in [3.05, 3.63) is 0 Å². The Morgan fingerprint density at radius 2 is 2.40 bits per heavy atom. The van der Waals surface area contributed by atoms with Gasteiger partial charge in [-0.2, -0.15) is 5.06 Å². The zero-order valence-corrected chi connectivity index (χ0v) is 5.28. The Balaban J connectivity index is 2.81. The summed E-state index contributed by atoms with van der Waals surface area (Å²) in [5.74, 6) is -0.195. The van der Waals surface area contributed by atoms with Crippen LogP contribution >= 0.6 is 0 Å². The number of amidine groups is 1. The van der Waals surface area contributed by atoms with Crippen molar-refractivity contribution in [3.63, 3.8) is 0 Å². The Morgan fingerprint density at radius 3 is 2.90 bits per heavy atom. The Kier molecular flexibility index (Phi) is 1.56. The number of nitrogens with one attached hydrogen (secondary N) is 1. The molecule has 6 N–H and O–H groups in total. The van der Waals surface area contributed by atoms with Crippen LogP contribution in [-0.2, 0) is 0 Å². The number of nitrogens with zero attached hydrogens (tertiary/aromatic N) is 2. The fourth-order valence-electron chi connectivity index (χ4n) is 0.626. The number of hydroxylamine groups is 2. The van der Waals surface area contributed by atoms with Gasteiger partial charge >= 0.3 is 0 Å². The summed E-state index contributed by atoms with van der Waals surface area (Å²) in [6.07, 6.45) is 0. The molecule has 0 amide bonds. The third-order valence-corrected chi connectivity index (χ3v) is 1.25. The predicted molar refractivity (Wildman–Crippen MR) is 35.8 cm³/mol. The first-order valence-corrected chi connectivity index (χ1v) is 2.76. The number of nitrogens with two attached hydrogens (primary N) is 2. The van der Waals surface area contributed by atoms with E-state index in [4.69, 9.17) is 22.1 Å². The van der Waals surface area contributed by atoms with Crippen molar-refractivity contribution in [2.75, 3.05) is 6.54 Å². The molecule has 0 saturated carbocycles. The van der Waals surface area contributed by atoms with E-state index in [1.807, 2.05) is 0 Å². The number of hydrogen-bond donors (Lipinski definition) is 4. The molecule has 0 aliphatic carbocycles. The minimum atomic E-state index is -0.544. The van der Waals surface area contributed by atoms with Crippen LogP contribution in [0.25, 0.3) is 0 Å².